The van der Waals surface area contributed by atoms with Crippen LogP contribution in [-0.2, 0) is 6.42 Å². The van der Waals surface area contributed by atoms with E-state index < -0.39 is 6.10 Å². The summed E-state index contributed by atoms with van der Waals surface area (Å²) in [6.45, 7) is 3.61. The molecular formula is C18H23N3O3. The van der Waals surface area contributed by atoms with Crippen LogP contribution in [0, 0.1) is 0 Å². The molecule has 2 amide bonds. The van der Waals surface area contributed by atoms with Crippen molar-refractivity contribution in [1.82, 2.24) is 10.6 Å². The molecular weight excluding hydrogens is 306 g/mol. The lowest BCUT2D eigenvalue weighted by atomic mass is 10.1. The summed E-state index contributed by atoms with van der Waals surface area (Å²) in [5, 5.41) is 15.3. The Labute approximate surface area is 141 Å². The van der Waals surface area contributed by atoms with Crippen LogP contribution in [0.1, 0.15) is 24.4 Å². The topological polar surface area (TPSA) is 77.7 Å². The van der Waals surface area contributed by atoms with Gasteiger partial charge in [0.2, 0.25) is 0 Å². The maximum absolute atomic E-state index is 11.8. The molecule has 1 aromatic heterocycles. The lowest BCUT2D eigenvalue weighted by molar-refractivity contribution is 0.148. The predicted molar refractivity (Wildman–Crippen MR) is 92.0 cm³/mol. The minimum absolute atomic E-state index is 0.113. The molecule has 128 valence electrons. The number of carbonyl (C=O) groups excluding carboxylic acids is 1. The summed E-state index contributed by atoms with van der Waals surface area (Å²) in [7, 11) is 0. The summed E-state index contributed by atoms with van der Waals surface area (Å²) >= 11 is 0. The van der Waals surface area contributed by atoms with Gasteiger partial charge in [0.25, 0.3) is 0 Å². The van der Waals surface area contributed by atoms with Gasteiger partial charge in [-0.1, -0.05) is 18.2 Å². The smallest absolute Gasteiger partial charge is 0.314 e. The first-order valence-corrected chi connectivity index (χ1v) is 8.23. The number of nitrogens with one attached hydrogen (secondary N) is 2. The van der Waals surface area contributed by atoms with Crippen LogP contribution in [0.25, 0.3) is 0 Å². The Hall–Kier alpha value is -2.47. The third-order valence-corrected chi connectivity index (χ3v) is 4.31. The standard InChI is InChI=1S/C18H23N3O3/c1-13-11-14-5-2-3-6-15(14)21(13)9-8-19-18(23)20-12-16(22)17-7-4-10-24-17/h2-7,10,13,16,22H,8-9,11-12H2,1H3,(H2,19,20,23). The molecule has 1 aliphatic heterocycles. The molecule has 6 heteroatoms. The third kappa shape index (κ3) is 3.71. The monoisotopic (exact) mass is 329 g/mol. The highest BCUT2D eigenvalue weighted by Gasteiger charge is 2.24. The number of carbonyl (C=O) groups is 1. The van der Waals surface area contributed by atoms with Crippen molar-refractivity contribution in [2.24, 2.45) is 0 Å². The van der Waals surface area contributed by atoms with Gasteiger partial charge in [-0.05, 0) is 37.1 Å². The number of para-hydroxylation sites is 1. The average molecular weight is 329 g/mol. The van der Waals surface area contributed by atoms with Gasteiger partial charge in [-0.2, -0.15) is 0 Å². The molecule has 0 aliphatic carbocycles. The highest BCUT2D eigenvalue weighted by molar-refractivity contribution is 5.74. The molecule has 1 aliphatic rings. The zero-order chi connectivity index (χ0) is 16.9. The van der Waals surface area contributed by atoms with Crippen molar-refractivity contribution in [3.8, 4) is 0 Å². The first-order valence-electron chi connectivity index (χ1n) is 8.23. The molecule has 24 heavy (non-hydrogen) atoms. The second kappa shape index (κ2) is 7.40. The number of nitrogens with zero attached hydrogens (tertiary/aromatic N) is 1. The Bertz CT molecular complexity index is 672. The number of amides is 2. The van der Waals surface area contributed by atoms with E-state index in [-0.39, 0.29) is 12.6 Å². The van der Waals surface area contributed by atoms with Crippen LogP contribution in [0.4, 0.5) is 10.5 Å². The Morgan fingerprint density at radius 3 is 2.96 bits per heavy atom. The molecule has 0 saturated carbocycles. The van der Waals surface area contributed by atoms with Crippen LogP contribution in [-0.4, -0.2) is 36.8 Å². The number of urea groups is 1. The number of hydrogen-bond acceptors (Lipinski definition) is 4. The Balaban J connectivity index is 1.41. The first-order chi connectivity index (χ1) is 11.6. The van der Waals surface area contributed by atoms with Crippen molar-refractivity contribution >= 4 is 11.7 Å². The lowest BCUT2D eigenvalue weighted by Crippen LogP contribution is -2.42. The number of aliphatic hydroxyl groups is 1. The van der Waals surface area contributed by atoms with Gasteiger partial charge < -0.3 is 25.1 Å². The van der Waals surface area contributed by atoms with Gasteiger partial charge in [0, 0.05) is 24.8 Å². The normalized spacial score (nSPS) is 17.4. The summed E-state index contributed by atoms with van der Waals surface area (Å²) in [6.07, 6.45) is 1.70. The van der Waals surface area contributed by atoms with E-state index in [4.69, 9.17) is 4.42 Å². The molecule has 3 rings (SSSR count). The van der Waals surface area contributed by atoms with Gasteiger partial charge in [-0.25, -0.2) is 4.79 Å². The number of benzene rings is 1. The van der Waals surface area contributed by atoms with E-state index in [1.54, 1.807) is 12.1 Å². The number of fused-ring (bicyclic) bond motifs is 1. The minimum Gasteiger partial charge on any atom is -0.467 e. The average Bonchev–Trinajstić information content (AvgIpc) is 3.21. The van der Waals surface area contributed by atoms with Crippen LogP contribution in [0.15, 0.2) is 47.1 Å². The van der Waals surface area contributed by atoms with Crippen LogP contribution in [0.2, 0.25) is 0 Å². The lowest BCUT2D eigenvalue weighted by Gasteiger charge is -2.25. The predicted octanol–water partition coefficient (Wildman–Crippen LogP) is 2.06. The number of rotatable bonds is 6. The van der Waals surface area contributed by atoms with E-state index in [9.17, 15) is 9.90 Å². The molecule has 1 aromatic carbocycles. The fourth-order valence-corrected chi connectivity index (χ4v) is 3.09. The van der Waals surface area contributed by atoms with E-state index >= 15 is 0 Å². The molecule has 0 bridgehead atoms. The third-order valence-electron chi connectivity index (χ3n) is 4.31. The SMILES string of the molecule is CC1Cc2ccccc2N1CCNC(=O)NCC(O)c1ccco1. The molecule has 6 nitrogen and oxygen atoms in total. The van der Waals surface area contributed by atoms with Crippen LogP contribution < -0.4 is 15.5 Å². The quantitative estimate of drug-likeness (QED) is 0.758. The number of furan rings is 1. The van der Waals surface area contributed by atoms with E-state index in [2.05, 4.69) is 40.7 Å². The molecule has 0 fully saturated rings. The summed E-state index contributed by atoms with van der Waals surface area (Å²) < 4.78 is 5.09. The second-order valence-corrected chi connectivity index (χ2v) is 6.04. The minimum atomic E-state index is -0.837. The van der Waals surface area contributed by atoms with Crippen molar-refractivity contribution in [2.45, 2.75) is 25.5 Å². The van der Waals surface area contributed by atoms with Crippen molar-refractivity contribution in [1.29, 1.82) is 0 Å². The maximum atomic E-state index is 11.8. The fourth-order valence-electron chi connectivity index (χ4n) is 3.09. The van der Waals surface area contributed by atoms with E-state index in [1.807, 2.05) is 6.07 Å². The zero-order valence-electron chi connectivity index (χ0n) is 13.7. The Kier molecular flexibility index (Phi) is 5.05. The van der Waals surface area contributed by atoms with Gasteiger partial charge in [0.05, 0.1) is 12.8 Å². The van der Waals surface area contributed by atoms with Crippen molar-refractivity contribution in [2.75, 3.05) is 24.5 Å². The number of anilines is 1. The molecule has 3 N–H and O–H groups in total. The van der Waals surface area contributed by atoms with Gasteiger partial charge in [-0.15, -0.1) is 0 Å². The summed E-state index contributed by atoms with van der Waals surface area (Å²) in [6, 6.07) is 11.9. The van der Waals surface area contributed by atoms with Gasteiger partial charge in [-0.3, -0.25) is 0 Å². The Morgan fingerprint density at radius 1 is 1.33 bits per heavy atom. The molecule has 2 aromatic rings. The van der Waals surface area contributed by atoms with Gasteiger partial charge in [0.1, 0.15) is 11.9 Å². The molecule has 2 heterocycles. The molecule has 0 saturated heterocycles. The van der Waals surface area contributed by atoms with Crippen LogP contribution in [0.5, 0.6) is 0 Å². The maximum Gasteiger partial charge on any atom is 0.314 e. The van der Waals surface area contributed by atoms with Gasteiger partial charge >= 0.3 is 6.03 Å². The summed E-state index contributed by atoms with van der Waals surface area (Å²) in [5.74, 6) is 0.442. The highest BCUT2D eigenvalue weighted by atomic mass is 16.4. The second-order valence-electron chi connectivity index (χ2n) is 6.04. The van der Waals surface area contributed by atoms with Crippen molar-refractivity contribution in [3.63, 3.8) is 0 Å². The van der Waals surface area contributed by atoms with Gasteiger partial charge in [0.15, 0.2) is 0 Å². The van der Waals surface area contributed by atoms with Crippen molar-refractivity contribution < 1.29 is 14.3 Å². The van der Waals surface area contributed by atoms with Crippen molar-refractivity contribution in [3.05, 3.63) is 54.0 Å². The molecule has 0 radical (unpaired) electrons. The highest BCUT2D eigenvalue weighted by Crippen LogP contribution is 2.31. The zero-order valence-corrected chi connectivity index (χ0v) is 13.7. The van der Waals surface area contributed by atoms with E-state index in [1.165, 1.54) is 17.5 Å². The Morgan fingerprint density at radius 2 is 2.17 bits per heavy atom. The molecule has 2 atom stereocenters. The summed E-state index contributed by atoms with van der Waals surface area (Å²) in [4.78, 5) is 14.1. The number of aliphatic hydroxyl groups excluding tert-OH is 1. The largest absolute Gasteiger partial charge is 0.467 e. The summed E-state index contributed by atoms with van der Waals surface area (Å²) in [5.41, 5.74) is 2.61. The van der Waals surface area contributed by atoms with Crippen LogP contribution in [0.3, 0.4) is 0 Å². The molecule has 2 unspecified atom stereocenters. The van der Waals surface area contributed by atoms with Crippen LogP contribution >= 0.6 is 0 Å². The fraction of sp³-hybridized carbons (Fsp3) is 0.389. The first kappa shape index (κ1) is 16.4. The van der Waals surface area contributed by atoms with E-state index in [0.29, 0.717) is 18.3 Å². The molecule has 0 spiro atoms. The van der Waals surface area contributed by atoms with E-state index in [0.717, 1.165) is 13.0 Å². The number of hydrogen-bond donors (Lipinski definition) is 3.